The highest BCUT2D eigenvalue weighted by atomic mass is 35.5. The topological polar surface area (TPSA) is 185 Å². The summed E-state index contributed by atoms with van der Waals surface area (Å²) in [6.07, 6.45) is -4.48. The van der Waals surface area contributed by atoms with Crippen LogP contribution >= 0.6 is 19.3 Å². The third-order valence-corrected chi connectivity index (χ3v) is 8.33. The molecule has 5 N–H and O–H groups in total. The first kappa shape index (κ1) is 31.9. The average Bonchev–Trinajstić information content (AvgIpc) is 3.46. The molecule has 42 heavy (non-hydrogen) atoms. The van der Waals surface area contributed by atoms with Crippen LogP contribution in [0.25, 0.3) is 11.2 Å². The molecule has 17 heteroatoms. The molecule has 1 aliphatic heterocycles. The minimum atomic E-state index is -4.38. The number of para-hydroxylation sites is 1. The largest absolute Gasteiger partial charge is 0.462 e. The summed E-state index contributed by atoms with van der Waals surface area (Å²) in [6.45, 7) is 6.43. The number of carbonyl (C=O) groups is 1. The lowest BCUT2D eigenvalue weighted by Gasteiger charge is -2.31. The van der Waals surface area contributed by atoms with Gasteiger partial charge in [0, 0.05) is 6.54 Å². The molecule has 4 rings (SSSR count). The predicted octanol–water partition coefficient (Wildman–Crippen LogP) is 3.18. The zero-order valence-electron chi connectivity index (χ0n) is 23.4. The molecule has 0 unspecified atom stereocenters. The van der Waals surface area contributed by atoms with E-state index >= 15 is 4.39 Å². The van der Waals surface area contributed by atoms with Crippen molar-refractivity contribution in [3.63, 3.8) is 0 Å². The predicted molar refractivity (Wildman–Crippen MR) is 153 cm³/mol. The number of halogens is 2. The number of nitrogens with one attached hydrogen (secondary N) is 2. The van der Waals surface area contributed by atoms with Crippen molar-refractivity contribution in [2.45, 2.75) is 63.9 Å². The Morgan fingerprint density at radius 3 is 2.67 bits per heavy atom. The first-order valence-electron chi connectivity index (χ1n) is 13.2. The molecule has 1 aromatic carbocycles. The second kappa shape index (κ2) is 13.1. The molecule has 1 saturated heterocycles. The summed E-state index contributed by atoms with van der Waals surface area (Å²) in [7, 11) is -4.38. The molecule has 6 atom stereocenters. The zero-order valence-corrected chi connectivity index (χ0v) is 25.1. The number of imidazole rings is 1. The summed E-state index contributed by atoms with van der Waals surface area (Å²) in [4.78, 5) is 25.0. The number of nitrogens with two attached hydrogens (primary N) is 1. The van der Waals surface area contributed by atoms with E-state index in [1.807, 2.05) is 6.92 Å². The Labute approximate surface area is 246 Å². The Morgan fingerprint density at radius 2 is 2.02 bits per heavy atom. The smallest absolute Gasteiger partial charge is 0.459 e. The lowest BCUT2D eigenvalue weighted by Crippen LogP contribution is -2.48. The van der Waals surface area contributed by atoms with Crippen molar-refractivity contribution in [3.05, 3.63) is 36.7 Å². The Kier molecular flexibility index (Phi) is 9.91. The highest BCUT2D eigenvalue weighted by molar-refractivity contribution is 7.52. The van der Waals surface area contributed by atoms with Gasteiger partial charge in [0.2, 0.25) is 5.95 Å². The SMILES string of the molecule is CCNc1nc(N)nc2c1ncn2[C@@H]1O[C@](CCl)(CO[P@](=O)(N[C@@H](C)C(=O)OC(C)C)Oc2ccccc2)[C@@H](O)[C@H]1F. The number of fused-ring (bicyclic) bond motifs is 1. The number of aliphatic hydroxyl groups is 1. The summed E-state index contributed by atoms with van der Waals surface area (Å²) >= 11 is 6.23. The number of hydrogen-bond acceptors (Lipinski definition) is 12. The summed E-state index contributed by atoms with van der Waals surface area (Å²) < 4.78 is 53.4. The van der Waals surface area contributed by atoms with Crippen LogP contribution < -0.4 is 20.7 Å². The van der Waals surface area contributed by atoms with Gasteiger partial charge in [-0.05, 0) is 39.8 Å². The fraction of sp³-hybridized carbons (Fsp3) is 0.520. The van der Waals surface area contributed by atoms with Gasteiger partial charge in [0.25, 0.3) is 0 Å². The maximum absolute atomic E-state index is 15.7. The summed E-state index contributed by atoms with van der Waals surface area (Å²) in [5.41, 5.74) is 4.42. The van der Waals surface area contributed by atoms with E-state index in [1.165, 1.54) is 30.0 Å². The van der Waals surface area contributed by atoms with Crippen LogP contribution in [0.2, 0.25) is 0 Å². The van der Waals surface area contributed by atoms with Gasteiger partial charge < -0.3 is 30.2 Å². The van der Waals surface area contributed by atoms with Gasteiger partial charge in [-0.15, -0.1) is 11.6 Å². The highest BCUT2D eigenvalue weighted by Gasteiger charge is 2.57. The third-order valence-electron chi connectivity index (χ3n) is 6.26. The first-order valence-corrected chi connectivity index (χ1v) is 15.3. The summed E-state index contributed by atoms with van der Waals surface area (Å²) in [5, 5.41) is 16.6. The quantitative estimate of drug-likeness (QED) is 0.123. The van der Waals surface area contributed by atoms with Gasteiger partial charge in [0.1, 0.15) is 23.5 Å². The normalized spacial score (nSPS) is 24.4. The lowest BCUT2D eigenvalue weighted by molar-refractivity contribution is -0.149. The van der Waals surface area contributed by atoms with E-state index in [1.54, 1.807) is 32.0 Å². The molecule has 3 aromatic rings. The van der Waals surface area contributed by atoms with Crippen LogP contribution in [0.5, 0.6) is 5.75 Å². The Hall–Kier alpha value is -3.07. The lowest BCUT2D eigenvalue weighted by atomic mass is 9.99. The molecule has 14 nitrogen and oxygen atoms in total. The molecule has 2 aromatic heterocycles. The van der Waals surface area contributed by atoms with E-state index < -0.39 is 62.5 Å². The molecule has 0 spiro atoms. The van der Waals surface area contributed by atoms with Crippen LogP contribution in [0.15, 0.2) is 36.7 Å². The zero-order chi connectivity index (χ0) is 30.7. The van der Waals surface area contributed by atoms with Crippen LogP contribution in [-0.4, -0.2) is 79.6 Å². The standard InChI is InChI=1S/C25H34ClFN7O7P/c1-5-29-20-18-21(32-24(28)31-20)34(13-30-18)22-17(27)19(35)25(11-26,40-22)12-38-42(37,41-16-9-7-6-8-10-16)33-15(4)23(36)39-14(2)3/h6-10,13-15,17,19,22,35H,5,11-12H2,1-4H3,(H,33,37)(H3,28,29,31,32)/t15-,17+,19-,22+,25+,42+/m0/s1. The van der Waals surface area contributed by atoms with Crippen LogP contribution in [-0.2, 0) is 23.4 Å². The number of nitrogen functional groups attached to an aromatic ring is 1. The molecular weight excluding hydrogens is 596 g/mol. The van der Waals surface area contributed by atoms with E-state index in [4.69, 9.17) is 35.9 Å². The fourth-order valence-electron chi connectivity index (χ4n) is 4.24. The molecule has 1 aliphatic rings. The van der Waals surface area contributed by atoms with Crippen LogP contribution in [0.1, 0.15) is 33.9 Å². The van der Waals surface area contributed by atoms with Gasteiger partial charge in [-0.25, -0.2) is 13.9 Å². The summed E-state index contributed by atoms with van der Waals surface area (Å²) in [6, 6.07) is 6.94. The maximum atomic E-state index is 15.7. The second-order valence-electron chi connectivity index (χ2n) is 9.89. The molecule has 0 bridgehead atoms. The van der Waals surface area contributed by atoms with E-state index in [2.05, 4.69) is 25.4 Å². The van der Waals surface area contributed by atoms with Crippen molar-refractivity contribution >= 4 is 48.2 Å². The number of aliphatic hydroxyl groups excluding tert-OH is 1. The van der Waals surface area contributed by atoms with Gasteiger partial charge in [0.15, 0.2) is 29.4 Å². The number of hydrogen-bond donors (Lipinski definition) is 4. The molecule has 230 valence electrons. The van der Waals surface area contributed by atoms with E-state index in [9.17, 15) is 14.5 Å². The van der Waals surface area contributed by atoms with Crippen LogP contribution in [0.3, 0.4) is 0 Å². The molecular formula is C25H34ClFN7O7P. The minimum Gasteiger partial charge on any atom is -0.462 e. The Balaban J connectivity index is 1.61. The van der Waals surface area contributed by atoms with Gasteiger partial charge in [0.05, 0.1) is 24.9 Å². The van der Waals surface area contributed by atoms with Crippen molar-refractivity contribution in [3.8, 4) is 5.75 Å². The Morgan fingerprint density at radius 1 is 1.31 bits per heavy atom. The number of rotatable bonds is 13. The van der Waals surface area contributed by atoms with Crippen LogP contribution in [0, 0.1) is 0 Å². The number of anilines is 2. The molecule has 0 saturated carbocycles. The number of esters is 1. The number of benzene rings is 1. The Bertz CT molecular complexity index is 1430. The van der Waals surface area contributed by atoms with Gasteiger partial charge in [-0.2, -0.15) is 15.1 Å². The monoisotopic (exact) mass is 629 g/mol. The van der Waals surface area contributed by atoms with Crippen LogP contribution in [0.4, 0.5) is 16.2 Å². The third kappa shape index (κ3) is 6.77. The molecule has 3 heterocycles. The average molecular weight is 630 g/mol. The maximum Gasteiger partial charge on any atom is 0.459 e. The molecule has 0 radical (unpaired) electrons. The number of nitrogens with zero attached hydrogens (tertiary/aromatic N) is 4. The first-order chi connectivity index (χ1) is 19.9. The van der Waals surface area contributed by atoms with E-state index in [0.29, 0.717) is 17.9 Å². The van der Waals surface area contributed by atoms with Gasteiger partial charge in [-0.1, -0.05) is 18.2 Å². The molecule has 0 aliphatic carbocycles. The fourth-order valence-corrected chi connectivity index (χ4v) is 6.08. The molecule has 1 fully saturated rings. The van der Waals surface area contributed by atoms with E-state index in [-0.39, 0.29) is 17.3 Å². The minimum absolute atomic E-state index is 0.0868. The molecule has 0 amide bonds. The highest BCUT2D eigenvalue weighted by Crippen LogP contribution is 2.49. The van der Waals surface area contributed by atoms with Crippen molar-refractivity contribution in [1.82, 2.24) is 24.6 Å². The number of carbonyl (C=O) groups excluding carboxylic acids is 1. The number of aromatic nitrogens is 4. The van der Waals surface area contributed by atoms with Crippen molar-refractivity contribution in [2.75, 3.05) is 30.1 Å². The van der Waals surface area contributed by atoms with Gasteiger partial charge in [-0.3, -0.25) is 13.9 Å². The van der Waals surface area contributed by atoms with Gasteiger partial charge >= 0.3 is 13.7 Å². The number of ether oxygens (including phenoxy) is 2. The second-order valence-corrected chi connectivity index (χ2v) is 11.9. The summed E-state index contributed by atoms with van der Waals surface area (Å²) in [5.74, 6) is -0.756. The van der Waals surface area contributed by atoms with E-state index in [0.717, 1.165) is 0 Å². The van der Waals surface area contributed by atoms with Crippen molar-refractivity contribution < 1.29 is 37.4 Å². The van der Waals surface area contributed by atoms with Crippen molar-refractivity contribution in [1.29, 1.82) is 0 Å². The van der Waals surface area contributed by atoms with Crippen molar-refractivity contribution in [2.24, 2.45) is 0 Å². The number of alkyl halides is 2.